The van der Waals surface area contributed by atoms with Crippen LogP contribution in [0.5, 0.6) is 0 Å². The summed E-state index contributed by atoms with van der Waals surface area (Å²) < 4.78 is 13.3. The van der Waals surface area contributed by atoms with Gasteiger partial charge in [-0.05, 0) is 36.5 Å². The summed E-state index contributed by atoms with van der Waals surface area (Å²) in [5.41, 5.74) is 0.381. The lowest BCUT2D eigenvalue weighted by Gasteiger charge is -2.19. The second kappa shape index (κ2) is 7.09. The van der Waals surface area contributed by atoms with Gasteiger partial charge in [0.2, 0.25) is 0 Å². The molecule has 3 atom stereocenters. The first kappa shape index (κ1) is 16.0. The van der Waals surface area contributed by atoms with Crippen LogP contribution in [0.25, 0.3) is 0 Å². The van der Waals surface area contributed by atoms with Gasteiger partial charge in [0.25, 0.3) is 0 Å². The van der Waals surface area contributed by atoms with Crippen molar-refractivity contribution >= 4 is 17.6 Å². The van der Waals surface area contributed by atoms with Crippen molar-refractivity contribution < 1.29 is 14.3 Å². The van der Waals surface area contributed by atoms with Gasteiger partial charge in [-0.15, -0.1) is 0 Å². The number of urea groups is 1. The summed E-state index contributed by atoms with van der Waals surface area (Å²) in [6.45, 7) is 2.14. The number of rotatable bonds is 4. The molecule has 116 valence electrons. The monoisotopic (exact) mass is 314 g/mol. The molecule has 3 unspecified atom stereocenters. The zero-order valence-corrected chi connectivity index (χ0v) is 12.7. The van der Waals surface area contributed by atoms with Crippen LogP contribution < -0.4 is 10.6 Å². The van der Waals surface area contributed by atoms with Crippen molar-refractivity contribution in [1.29, 1.82) is 0 Å². The van der Waals surface area contributed by atoms with Crippen LogP contribution in [0, 0.1) is 11.7 Å². The molecule has 1 fully saturated rings. The van der Waals surface area contributed by atoms with E-state index in [9.17, 15) is 14.3 Å². The molecule has 2 rings (SSSR count). The van der Waals surface area contributed by atoms with E-state index in [2.05, 4.69) is 17.6 Å². The highest BCUT2D eigenvalue weighted by Gasteiger charge is 2.24. The van der Waals surface area contributed by atoms with Crippen LogP contribution in [-0.4, -0.2) is 23.7 Å². The number of hydrogen-bond acceptors (Lipinski definition) is 2. The molecule has 21 heavy (non-hydrogen) atoms. The number of aliphatic hydroxyl groups is 1. The maximum Gasteiger partial charge on any atom is 0.315 e. The average molecular weight is 315 g/mol. The normalized spacial score (nSPS) is 22.9. The second-order valence-electron chi connectivity index (χ2n) is 5.56. The van der Waals surface area contributed by atoms with E-state index < -0.39 is 11.9 Å². The van der Waals surface area contributed by atoms with Gasteiger partial charge in [0.05, 0.1) is 11.1 Å². The Labute approximate surface area is 128 Å². The summed E-state index contributed by atoms with van der Waals surface area (Å²) in [6.07, 6.45) is 2.26. The predicted molar refractivity (Wildman–Crippen MR) is 79.7 cm³/mol. The Bertz CT molecular complexity index is 512. The minimum atomic E-state index is -0.969. The Morgan fingerprint density at radius 3 is 2.90 bits per heavy atom. The van der Waals surface area contributed by atoms with Crippen molar-refractivity contribution in [3.05, 3.63) is 34.6 Å². The van der Waals surface area contributed by atoms with Gasteiger partial charge in [-0.2, -0.15) is 0 Å². The van der Waals surface area contributed by atoms with Crippen LogP contribution in [0.15, 0.2) is 18.2 Å². The number of nitrogens with one attached hydrogen (secondary N) is 2. The molecule has 0 aliphatic heterocycles. The molecule has 1 aliphatic rings. The van der Waals surface area contributed by atoms with E-state index in [1.54, 1.807) is 0 Å². The molecule has 3 N–H and O–H groups in total. The Balaban J connectivity index is 1.81. The number of amides is 2. The molecule has 1 saturated carbocycles. The molecule has 6 heteroatoms. The maximum atomic E-state index is 13.3. The SMILES string of the molecule is CC1CCCC1NC(=O)NCC(O)c1ccc(Cl)c(F)c1. The van der Waals surface area contributed by atoms with Gasteiger partial charge in [0, 0.05) is 12.6 Å². The van der Waals surface area contributed by atoms with Crippen molar-refractivity contribution in [3.63, 3.8) is 0 Å². The van der Waals surface area contributed by atoms with E-state index in [-0.39, 0.29) is 23.6 Å². The fourth-order valence-corrected chi connectivity index (χ4v) is 2.72. The first-order valence-corrected chi connectivity index (χ1v) is 7.52. The fourth-order valence-electron chi connectivity index (χ4n) is 2.61. The molecule has 0 bridgehead atoms. The largest absolute Gasteiger partial charge is 0.387 e. The smallest absolute Gasteiger partial charge is 0.315 e. The lowest BCUT2D eigenvalue weighted by molar-refractivity contribution is 0.171. The highest BCUT2D eigenvalue weighted by molar-refractivity contribution is 6.30. The molecule has 0 saturated heterocycles. The predicted octanol–water partition coefficient (Wildman–Crippen LogP) is 3.00. The van der Waals surface area contributed by atoms with Crippen molar-refractivity contribution in [1.82, 2.24) is 10.6 Å². The number of aliphatic hydroxyl groups excluding tert-OH is 1. The maximum absolute atomic E-state index is 13.3. The van der Waals surface area contributed by atoms with Gasteiger partial charge in [-0.1, -0.05) is 31.0 Å². The highest BCUT2D eigenvalue weighted by Crippen LogP contribution is 2.24. The summed E-state index contributed by atoms with van der Waals surface area (Å²) in [4.78, 5) is 11.8. The molecule has 2 amide bonds. The van der Waals surface area contributed by atoms with Crippen molar-refractivity contribution in [2.24, 2.45) is 5.92 Å². The molecule has 1 aromatic carbocycles. The fraction of sp³-hybridized carbons (Fsp3) is 0.533. The second-order valence-corrected chi connectivity index (χ2v) is 5.97. The van der Waals surface area contributed by atoms with Crippen molar-refractivity contribution in [2.75, 3.05) is 6.54 Å². The minimum Gasteiger partial charge on any atom is -0.387 e. The van der Waals surface area contributed by atoms with Gasteiger partial charge in [0.1, 0.15) is 5.82 Å². The third kappa shape index (κ3) is 4.32. The van der Waals surface area contributed by atoms with Gasteiger partial charge in [0.15, 0.2) is 0 Å². The van der Waals surface area contributed by atoms with E-state index in [0.29, 0.717) is 11.5 Å². The van der Waals surface area contributed by atoms with E-state index >= 15 is 0 Å². The third-order valence-electron chi connectivity index (χ3n) is 3.96. The van der Waals surface area contributed by atoms with Crippen LogP contribution in [0.2, 0.25) is 5.02 Å². The van der Waals surface area contributed by atoms with Crippen LogP contribution in [-0.2, 0) is 0 Å². The van der Waals surface area contributed by atoms with Gasteiger partial charge >= 0.3 is 6.03 Å². The molecule has 1 aromatic rings. The van der Waals surface area contributed by atoms with Gasteiger partial charge < -0.3 is 15.7 Å². The zero-order valence-electron chi connectivity index (χ0n) is 11.9. The van der Waals surface area contributed by atoms with E-state index in [1.807, 2.05) is 0 Å². The molecule has 0 spiro atoms. The summed E-state index contributed by atoms with van der Waals surface area (Å²) in [7, 11) is 0. The highest BCUT2D eigenvalue weighted by atomic mass is 35.5. The van der Waals surface area contributed by atoms with Crippen LogP contribution in [0.3, 0.4) is 0 Å². The number of benzene rings is 1. The average Bonchev–Trinajstić information content (AvgIpc) is 2.84. The minimum absolute atomic E-state index is 0.00636. The van der Waals surface area contributed by atoms with Crippen LogP contribution in [0.1, 0.15) is 37.9 Å². The molecule has 0 heterocycles. The topological polar surface area (TPSA) is 61.4 Å². The summed E-state index contributed by atoms with van der Waals surface area (Å²) in [5.74, 6) is -0.108. The Morgan fingerprint density at radius 1 is 1.52 bits per heavy atom. The van der Waals surface area contributed by atoms with Crippen molar-refractivity contribution in [2.45, 2.75) is 38.3 Å². The number of hydrogen-bond donors (Lipinski definition) is 3. The quantitative estimate of drug-likeness (QED) is 0.800. The first-order valence-electron chi connectivity index (χ1n) is 7.14. The molecular weight excluding hydrogens is 295 g/mol. The third-order valence-corrected chi connectivity index (χ3v) is 4.27. The number of carbonyl (C=O) groups excluding carboxylic acids is 1. The molecule has 1 aliphatic carbocycles. The Morgan fingerprint density at radius 2 is 2.29 bits per heavy atom. The van der Waals surface area contributed by atoms with Crippen molar-refractivity contribution in [3.8, 4) is 0 Å². The first-order chi connectivity index (χ1) is 9.97. The summed E-state index contributed by atoms with van der Waals surface area (Å²) in [6, 6.07) is 3.98. The van der Waals surface area contributed by atoms with E-state index in [1.165, 1.54) is 18.2 Å². The number of halogens is 2. The standard InChI is InChI=1S/C15H20ClFN2O2/c1-9-3-2-4-13(9)19-15(21)18-8-14(20)10-5-6-11(16)12(17)7-10/h5-7,9,13-14,20H,2-4,8H2,1H3,(H2,18,19,21). The summed E-state index contributed by atoms with van der Waals surface area (Å²) in [5, 5.41) is 15.5. The van der Waals surface area contributed by atoms with Crippen LogP contribution >= 0.6 is 11.6 Å². The van der Waals surface area contributed by atoms with Gasteiger partial charge in [-0.3, -0.25) is 0 Å². The van der Waals surface area contributed by atoms with E-state index in [4.69, 9.17) is 11.6 Å². The molecule has 4 nitrogen and oxygen atoms in total. The summed E-state index contributed by atoms with van der Waals surface area (Å²) >= 11 is 5.59. The number of carbonyl (C=O) groups is 1. The molecular formula is C15H20ClFN2O2. The molecule has 0 aromatic heterocycles. The Hall–Kier alpha value is -1.33. The molecule has 0 radical (unpaired) electrons. The lowest BCUT2D eigenvalue weighted by Crippen LogP contribution is -2.44. The Kier molecular flexibility index (Phi) is 5.42. The lowest BCUT2D eigenvalue weighted by atomic mass is 10.1. The van der Waals surface area contributed by atoms with Crippen LogP contribution in [0.4, 0.5) is 9.18 Å². The van der Waals surface area contributed by atoms with E-state index in [0.717, 1.165) is 19.3 Å². The zero-order chi connectivity index (χ0) is 15.4. The van der Waals surface area contributed by atoms with Gasteiger partial charge in [-0.25, -0.2) is 9.18 Å².